The number of carbonyl (C=O) groups is 3. The van der Waals surface area contributed by atoms with Crippen molar-refractivity contribution < 1.29 is 14.4 Å². The summed E-state index contributed by atoms with van der Waals surface area (Å²) in [4.78, 5) is 36.0. The Bertz CT molecular complexity index is 853. The Labute approximate surface area is 179 Å². The van der Waals surface area contributed by atoms with Crippen molar-refractivity contribution in [1.29, 1.82) is 0 Å². The summed E-state index contributed by atoms with van der Waals surface area (Å²) in [6.45, 7) is 4.46. The molecule has 2 aromatic rings. The molecular weight excluding hydrogens is 434 g/mol. The van der Waals surface area contributed by atoms with Gasteiger partial charge < -0.3 is 16.0 Å². The van der Waals surface area contributed by atoms with Gasteiger partial charge in [-0.3, -0.25) is 14.4 Å². The molecule has 6 nitrogen and oxygen atoms in total. The van der Waals surface area contributed by atoms with E-state index in [1.807, 2.05) is 38.1 Å². The third-order valence-corrected chi connectivity index (χ3v) is 5.02. The largest absolute Gasteiger partial charge is 0.352 e. The summed E-state index contributed by atoms with van der Waals surface area (Å²) in [6, 6.07) is 14.4. The normalized spacial score (nSPS) is 11.4. The van der Waals surface area contributed by atoms with Crippen molar-refractivity contribution in [2.24, 2.45) is 5.92 Å². The first-order valence-electron chi connectivity index (χ1n) is 9.59. The van der Waals surface area contributed by atoms with E-state index in [9.17, 15) is 14.4 Å². The molecule has 0 heterocycles. The number of hydrogen-bond acceptors (Lipinski definition) is 3. The van der Waals surface area contributed by atoms with Gasteiger partial charge in [0, 0.05) is 41.2 Å². The zero-order valence-corrected chi connectivity index (χ0v) is 18.2. The summed E-state index contributed by atoms with van der Waals surface area (Å²) in [5.74, 6) is -0.439. The quantitative estimate of drug-likeness (QED) is 0.531. The van der Waals surface area contributed by atoms with Gasteiger partial charge >= 0.3 is 0 Å². The molecule has 0 saturated carbocycles. The number of rotatable bonds is 9. The van der Waals surface area contributed by atoms with Gasteiger partial charge in [-0.05, 0) is 48.4 Å². The van der Waals surface area contributed by atoms with Gasteiger partial charge in [0.2, 0.25) is 11.8 Å². The van der Waals surface area contributed by atoms with Crippen molar-refractivity contribution in [2.75, 3.05) is 11.9 Å². The van der Waals surface area contributed by atoms with E-state index in [2.05, 4.69) is 31.9 Å². The fourth-order valence-electron chi connectivity index (χ4n) is 2.49. The second-order valence-electron chi connectivity index (χ2n) is 6.79. The highest BCUT2D eigenvalue weighted by molar-refractivity contribution is 9.10. The Morgan fingerprint density at radius 2 is 1.76 bits per heavy atom. The summed E-state index contributed by atoms with van der Waals surface area (Å²) in [7, 11) is 0. The van der Waals surface area contributed by atoms with Crippen molar-refractivity contribution in [2.45, 2.75) is 33.2 Å². The van der Waals surface area contributed by atoms with E-state index in [-0.39, 0.29) is 36.6 Å². The fraction of sp³-hybridized carbons (Fsp3) is 0.318. The SMILES string of the molecule is CCC(C)C(=O)Nc1cccc(CNC(=O)CCNC(=O)c2ccc(Br)cc2)c1. The van der Waals surface area contributed by atoms with Gasteiger partial charge in [0.1, 0.15) is 0 Å². The minimum atomic E-state index is -0.213. The molecule has 0 radical (unpaired) electrons. The first kappa shape index (κ1) is 22.6. The van der Waals surface area contributed by atoms with Crippen LogP contribution in [0.2, 0.25) is 0 Å². The zero-order chi connectivity index (χ0) is 21.2. The van der Waals surface area contributed by atoms with Gasteiger partial charge in [0.15, 0.2) is 0 Å². The molecule has 0 aliphatic heterocycles. The predicted molar refractivity (Wildman–Crippen MR) is 117 cm³/mol. The topological polar surface area (TPSA) is 87.3 Å². The lowest BCUT2D eigenvalue weighted by molar-refractivity contribution is -0.121. The van der Waals surface area contributed by atoms with Gasteiger partial charge in [-0.2, -0.15) is 0 Å². The number of hydrogen-bond donors (Lipinski definition) is 3. The van der Waals surface area contributed by atoms with Crippen molar-refractivity contribution in [1.82, 2.24) is 10.6 Å². The minimum absolute atomic E-state index is 0.0183. The van der Waals surface area contributed by atoms with E-state index in [1.165, 1.54) is 0 Å². The average Bonchev–Trinajstić information content (AvgIpc) is 2.72. The lowest BCUT2D eigenvalue weighted by Crippen LogP contribution is -2.30. The molecule has 154 valence electrons. The van der Waals surface area contributed by atoms with Crippen LogP contribution in [0, 0.1) is 5.92 Å². The molecule has 0 spiro atoms. The van der Waals surface area contributed by atoms with Gasteiger partial charge in [-0.15, -0.1) is 0 Å². The van der Waals surface area contributed by atoms with E-state index >= 15 is 0 Å². The molecule has 2 rings (SSSR count). The van der Waals surface area contributed by atoms with E-state index in [0.29, 0.717) is 17.8 Å². The molecule has 0 aliphatic rings. The first-order chi connectivity index (χ1) is 13.9. The van der Waals surface area contributed by atoms with Crippen LogP contribution < -0.4 is 16.0 Å². The minimum Gasteiger partial charge on any atom is -0.352 e. The third kappa shape index (κ3) is 7.69. The molecule has 29 heavy (non-hydrogen) atoms. The van der Waals surface area contributed by atoms with Crippen LogP contribution in [0.25, 0.3) is 0 Å². The second-order valence-corrected chi connectivity index (χ2v) is 7.70. The van der Waals surface area contributed by atoms with Crippen molar-refractivity contribution in [3.63, 3.8) is 0 Å². The molecule has 0 fully saturated rings. The Morgan fingerprint density at radius 3 is 2.45 bits per heavy atom. The number of amides is 3. The smallest absolute Gasteiger partial charge is 0.251 e. The summed E-state index contributed by atoms with van der Waals surface area (Å²) < 4.78 is 0.900. The molecule has 0 aliphatic carbocycles. The van der Waals surface area contributed by atoms with Crippen LogP contribution in [-0.4, -0.2) is 24.3 Å². The van der Waals surface area contributed by atoms with Crippen LogP contribution in [0.1, 0.15) is 42.6 Å². The molecule has 7 heteroatoms. The maximum atomic E-state index is 12.0. The highest BCUT2D eigenvalue weighted by Crippen LogP contribution is 2.13. The number of anilines is 1. The lowest BCUT2D eigenvalue weighted by Gasteiger charge is -2.11. The highest BCUT2D eigenvalue weighted by atomic mass is 79.9. The highest BCUT2D eigenvalue weighted by Gasteiger charge is 2.11. The van der Waals surface area contributed by atoms with E-state index in [4.69, 9.17) is 0 Å². The Kier molecular flexibility index (Phi) is 8.86. The summed E-state index contributed by atoms with van der Waals surface area (Å²) in [5.41, 5.74) is 2.15. The Balaban J connectivity index is 1.74. The monoisotopic (exact) mass is 459 g/mol. The molecular formula is C22H26BrN3O3. The van der Waals surface area contributed by atoms with Crippen LogP contribution in [0.5, 0.6) is 0 Å². The summed E-state index contributed by atoms with van der Waals surface area (Å²) >= 11 is 3.32. The molecule has 1 atom stereocenters. The van der Waals surface area contributed by atoms with Crippen LogP contribution in [-0.2, 0) is 16.1 Å². The Hall–Kier alpha value is -2.67. The average molecular weight is 460 g/mol. The second kappa shape index (κ2) is 11.4. The number of carbonyl (C=O) groups excluding carboxylic acids is 3. The molecule has 1 unspecified atom stereocenters. The lowest BCUT2D eigenvalue weighted by atomic mass is 10.1. The molecule has 3 N–H and O–H groups in total. The van der Waals surface area contributed by atoms with Gasteiger partial charge in [0.25, 0.3) is 5.91 Å². The molecule has 0 aromatic heterocycles. The van der Waals surface area contributed by atoms with Crippen LogP contribution >= 0.6 is 15.9 Å². The molecule has 0 saturated heterocycles. The van der Waals surface area contributed by atoms with E-state index < -0.39 is 0 Å². The predicted octanol–water partition coefficient (Wildman–Crippen LogP) is 3.87. The standard InChI is InChI=1S/C22H26BrN3O3/c1-3-15(2)21(28)26-19-6-4-5-16(13-19)14-25-20(27)11-12-24-22(29)17-7-9-18(23)10-8-17/h4-10,13,15H,3,11-12,14H2,1-2H3,(H,24,29)(H,25,27)(H,26,28). The number of halogens is 1. The summed E-state index contributed by atoms with van der Waals surface area (Å²) in [6.07, 6.45) is 0.965. The van der Waals surface area contributed by atoms with Crippen molar-refractivity contribution >= 4 is 39.3 Å². The fourth-order valence-corrected chi connectivity index (χ4v) is 2.76. The Morgan fingerprint density at radius 1 is 1.03 bits per heavy atom. The van der Waals surface area contributed by atoms with E-state index in [1.54, 1.807) is 24.3 Å². The van der Waals surface area contributed by atoms with Gasteiger partial charge in [-0.1, -0.05) is 41.9 Å². The zero-order valence-electron chi connectivity index (χ0n) is 16.6. The maximum Gasteiger partial charge on any atom is 0.251 e. The van der Waals surface area contributed by atoms with Gasteiger partial charge in [0.05, 0.1) is 0 Å². The molecule has 0 bridgehead atoms. The van der Waals surface area contributed by atoms with Crippen LogP contribution in [0.3, 0.4) is 0 Å². The van der Waals surface area contributed by atoms with Gasteiger partial charge in [-0.25, -0.2) is 0 Å². The summed E-state index contributed by atoms with van der Waals surface area (Å²) in [5, 5.41) is 8.44. The number of nitrogens with one attached hydrogen (secondary N) is 3. The van der Waals surface area contributed by atoms with Crippen molar-refractivity contribution in [3.05, 3.63) is 64.1 Å². The molecule has 3 amide bonds. The van der Waals surface area contributed by atoms with Crippen LogP contribution in [0.4, 0.5) is 5.69 Å². The maximum absolute atomic E-state index is 12.0. The third-order valence-electron chi connectivity index (χ3n) is 4.49. The van der Waals surface area contributed by atoms with E-state index in [0.717, 1.165) is 16.5 Å². The van der Waals surface area contributed by atoms with Crippen LogP contribution in [0.15, 0.2) is 53.0 Å². The van der Waals surface area contributed by atoms with Crippen molar-refractivity contribution in [3.8, 4) is 0 Å². The number of benzene rings is 2. The molecule has 2 aromatic carbocycles. The first-order valence-corrected chi connectivity index (χ1v) is 10.4.